The molecule has 0 spiro atoms. The van der Waals surface area contributed by atoms with E-state index in [9.17, 15) is 0 Å². The number of aliphatic hydroxyl groups excluding tert-OH is 1. The highest BCUT2D eigenvalue weighted by molar-refractivity contribution is 5.39. The molecule has 3 nitrogen and oxygen atoms in total. The first-order chi connectivity index (χ1) is 5.68. The lowest BCUT2D eigenvalue weighted by Gasteiger charge is -1.91. The first-order valence-electron chi connectivity index (χ1n) is 3.59. The van der Waals surface area contributed by atoms with E-state index < -0.39 is 6.10 Å². The number of nitrogens with two attached hydrogens (primary N) is 1. The molecule has 1 rings (SSSR count). The van der Waals surface area contributed by atoms with Crippen molar-refractivity contribution < 1.29 is 5.11 Å². The number of nitrogen functional groups attached to an aromatic ring is 1. The average Bonchev–Trinajstić information content (AvgIpc) is 2.03. The van der Waals surface area contributed by atoms with E-state index in [1.165, 1.54) is 6.20 Å². The summed E-state index contributed by atoms with van der Waals surface area (Å²) in [5.74, 6) is 5.29. The number of pyridine rings is 1. The van der Waals surface area contributed by atoms with Crippen LogP contribution in [0.5, 0.6) is 0 Å². The molecule has 1 atom stereocenters. The van der Waals surface area contributed by atoms with Crippen molar-refractivity contribution >= 4 is 5.69 Å². The highest BCUT2D eigenvalue weighted by Crippen LogP contribution is 1.98. The molecule has 3 N–H and O–H groups in total. The highest BCUT2D eigenvalue weighted by atomic mass is 16.3. The SMILES string of the molecule is C[C@@H](O)C#Cc1ccc(N)cn1. The largest absolute Gasteiger partial charge is 0.397 e. The van der Waals surface area contributed by atoms with Crippen molar-refractivity contribution in [1.29, 1.82) is 0 Å². The Morgan fingerprint density at radius 2 is 2.33 bits per heavy atom. The predicted octanol–water partition coefficient (Wildman–Crippen LogP) is 0.396. The van der Waals surface area contributed by atoms with Crippen molar-refractivity contribution in [3.63, 3.8) is 0 Å². The van der Waals surface area contributed by atoms with Gasteiger partial charge in [-0.15, -0.1) is 0 Å². The zero-order valence-corrected chi connectivity index (χ0v) is 6.78. The molecule has 0 aliphatic rings. The number of nitrogens with zero attached hydrogens (tertiary/aromatic N) is 1. The van der Waals surface area contributed by atoms with Crippen molar-refractivity contribution in [3.05, 3.63) is 24.0 Å². The molecule has 62 valence electrons. The maximum absolute atomic E-state index is 8.84. The van der Waals surface area contributed by atoms with Crippen LogP contribution < -0.4 is 5.73 Å². The van der Waals surface area contributed by atoms with E-state index in [4.69, 9.17) is 10.8 Å². The molecule has 12 heavy (non-hydrogen) atoms. The normalized spacial score (nSPS) is 11.5. The molecular formula is C9H10N2O. The monoisotopic (exact) mass is 162 g/mol. The van der Waals surface area contributed by atoms with E-state index in [1.54, 1.807) is 19.1 Å². The van der Waals surface area contributed by atoms with Crippen LogP contribution >= 0.6 is 0 Å². The Kier molecular flexibility index (Phi) is 2.67. The molecule has 1 aromatic rings. The van der Waals surface area contributed by atoms with Gasteiger partial charge < -0.3 is 10.8 Å². The molecule has 0 aromatic carbocycles. The smallest absolute Gasteiger partial charge is 0.113 e. The summed E-state index contributed by atoms with van der Waals surface area (Å²) in [6.45, 7) is 1.60. The zero-order chi connectivity index (χ0) is 8.97. The summed E-state index contributed by atoms with van der Waals surface area (Å²) in [6.07, 6.45) is 0.913. The number of anilines is 1. The lowest BCUT2D eigenvalue weighted by Crippen LogP contribution is -1.93. The quantitative estimate of drug-likeness (QED) is 0.543. The van der Waals surface area contributed by atoms with Gasteiger partial charge in [0.1, 0.15) is 11.8 Å². The van der Waals surface area contributed by atoms with Crippen LogP contribution in [0.4, 0.5) is 5.69 Å². The van der Waals surface area contributed by atoms with E-state index in [0.717, 1.165) is 0 Å². The van der Waals surface area contributed by atoms with Gasteiger partial charge in [0.25, 0.3) is 0 Å². The van der Waals surface area contributed by atoms with Crippen molar-refractivity contribution in [2.24, 2.45) is 0 Å². The first-order valence-corrected chi connectivity index (χ1v) is 3.59. The molecule has 0 unspecified atom stereocenters. The fourth-order valence-corrected chi connectivity index (χ4v) is 0.658. The second-order valence-electron chi connectivity index (χ2n) is 2.42. The molecule has 0 bridgehead atoms. The number of aromatic nitrogens is 1. The van der Waals surface area contributed by atoms with Crippen molar-refractivity contribution in [2.75, 3.05) is 5.73 Å². The summed E-state index contributed by atoms with van der Waals surface area (Å²) >= 11 is 0. The van der Waals surface area contributed by atoms with Gasteiger partial charge in [-0.25, -0.2) is 4.98 Å². The molecule has 0 radical (unpaired) electrons. The number of hydrogen-bond acceptors (Lipinski definition) is 3. The maximum Gasteiger partial charge on any atom is 0.113 e. The third kappa shape index (κ3) is 2.60. The molecule has 1 heterocycles. The molecule has 1 aromatic heterocycles. The van der Waals surface area contributed by atoms with Crippen LogP contribution in [0.2, 0.25) is 0 Å². The number of rotatable bonds is 0. The van der Waals surface area contributed by atoms with Gasteiger partial charge in [-0.05, 0) is 25.0 Å². The van der Waals surface area contributed by atoms with Crippen molar-refractivity contribution in [3.8, 4) is 11.8 Å². The summed E-state index contributed by atoms with van der Waals surface area (Å²) in [5.41, 5.74) is 6.65. The van der Waals surface area contributed by atoms with Gasteiger partial charge in [0, 0.05) is 0 Å². The van der Waals surface area contributed by atoms with Gasteiger partial charge in [-0.3, -0.25) is 0 Å². The Balaban J connectivity index is 2.79. The molecular weight excluding hydrogens is 152 g/mol. The van der Waals surface area contributed by atoms with Crippen molar-refractivity contribution in [1.82, 2.24) is 4.98 Å². The standard InChI is InChI=1S/C9H10N2O/c1-7(12)2-4-9-5-3-8(10)6-11-9/h3,5-7,12H,10H2,1H3/t7-/m1/s1. The minimum atomic E-state index is -0.621. The van der Waals surface area contributed by atoms with Crippen LogP contribution in [0.1, 0.15) is 12.6 Å². The van der Waals surface area contributed by atoms with Gasteiger partial charge in [0.2, 0.25) is 0 Å². The van der Waals surface area contributed by atoms with E-state index in [1.807, 2.05) is 0 Å². The lowest BCUT2D eigenvalue weighted by atomic mass is 10.3. The molecule has 0 saturated heterocycles. The summed E-state index contributed by atoms with van der Waals surface area (Å²) in [5, 5.41) is 8.84. The third-order valence-corrected chi connectivity index (χ3v) is 1.20. The van der Waals surface area contributed by atoms with E-state index in [-0.39, 0.29) is 0 Å². The van der Waals surface area contributed by atoms with Gasteiger partial charge in [0.15, 0.2) is 0 Å². The van der Waals surface area contributed by atoms with Gasteiger partial charge in [-0.2, -0.15) is 0 Å². The number of hydrogen-bond donors (Lipinski definition) is 2. The Morgan fingerprint density at radius 1 is 1.58 bits per heavy atom. The van der Waals surface area contributed by atoms with Crippen LogP contribution in [0.15, 0.2) is 18.3 Å². The van der Waals surface area contributed by atoms with Crippen molar-refractivity contribution in [2.45, 2.75) is 13.0 Å². The molecule has 0 aliphatic heterocycles. The minimum absolute atomic E-state index is 0.609. The van der Waals surface area contributed by atoms with E-state index >= 15 is 0 Å². The fourth-order valence-electron chi connectivity index (χ4n) is 0.658. The minimum Gasteiger partial charge on any atom is -0.397 e. The van der Waals surface area contributed by atoms with E-state index in [0.29, 0.717) is 11.4 Å². The molecule has 0 aliphatic carbocycles. The van der Waals surface area contributed by atoms with Crippen LogP contribution in [0, 0.1) is 11.8 Å². The van der Waals surface area contributed by atoms with E-state index in [2.05, 4.69) is 16.8 Å². The molecule has 0 saturated carbocycles. The highest BCUT2D eigenvalue weighted by Gasteiger charge is 1.88. The maximum atomic E-state index is 8.84. The Bertz CT molecular complexity index is 306. The predicted molar refractivity (Wildman–Crippen MR) is 47.2 cm³/mol. The topological polar surface area (TPSA) is 59.1 Å². The van der Waals surface area contributed by atoms with Gasteiger partial charge >= 0.3 is 0 Å². The molecule has 0 amide bonds. The summed E-state index contributed by atoms with van der Waals surface area (Å²) < 4.78 is 0. The van der Waals surface area contributed by atoms with Gasteiger partial charge in [-0.1, -0.05) is 5.92 Å². The summed E-state index contributed by atoms with van der Waals surface area (Å²) in [4.78, 5) is 3.94. The Hall–Kier alpha value is -1.53. The first kappa shape index (κ1) is 8.57. The summed E-state index contributed by atoms with van der Waals surface area (Å²) in [7, 11) is 0. The second-order valence-corrected chi connectivity index (χ2v) is 2.42. The zero-order valence-electron chi connectivity index (χ0n) is 6.78. The van der Waals surface area contributed by atoms with Gasteiger partial charge in [0.05, 0.1) is 11.9 Å². The lowest BCUT2D eigenvalue weighted by molar-refractivity contribution is 0.253. The third-order valence-electron chi connectivity index (χ3n) is 1.20. The molecule has 3 heteroatoms. The van der Waals surface area contributed by atoms with Crippen LogP contribution in [-0.2, 0) is 0 Å². The second kappa shape index (κ2) is 3.74. The van der Waals surface area contributed by atoms with Crippen LogP contribution in [-0.4, -0.2) is 16.2 Å². The fraction of sp³-hybridized carbons (Fsp3) is 0.222. The Morgan fingerprint density at radius 3 is 2.83 bits per heavy atom. The number of aliphatic hydroxyl groups is 1. The molecule has 0 fully saturated rings. The summed E-state index contributed by atoms with van der Waals surface area (Å²) in [6, 6.07) is 3.43. The van der Waals surface area contributed by atoms with Crippen LogP contribution in [0.3, 0.4) is 0 Å². The van der Waals surface area contributed by atoms with Crippen LogP contribution in [0.25, 0.3) is 0 Å². The average molecular weight is 162 g/mol. The Labute approximate surface area is 71.2 Å².